The highest BCUT2D eigenvalue weighted by atomic mass is 32.1. The van der Waals surface area contributed by atoms with Gasteiger partial charge in [-0.2, -0.15) is 13.5 Å². The van der Waals surface area contributed by atoms with E-state index in [4.69, 9.17) is 9.15 Å². The van der Waals surface area contributed by atoms with Crippen molar-refractivity contribution in [3.05, 3.63) is 65.3 Å². The first-order valence-electron chi connectivity index (χ1n) is 14.0. The zero-order valence-corrected chi connectivity index (χ0v) is 25.0. The maximum atomic E-state index is 12.7. The predicted molar refractivity (Wildman–Crippen MR) is 161 cm³/mol. The Hall–Kier alpha value is -3.68. The fraction of sp³-hybridized carbons (Fsp3) is 0.483. The lowest BCUT2D eigenvalue weighted by atomic mass is 9.99. The molecule has 2 amide bonds. The number of aryl methyl sites for hydroxylation is 1. The normalized spacial score (nSPS) is 16.2. The Labute approximate surface area is 252 Å². The van der Waals surface area contributed by atoms with E-state index in [1.807, 2.05) is 17.9 Å². The van der Waals surface area contributed by atoms with Gasteiger partial charge in [0.25, 0.3) is 5.91 Å². The van der Waals surface area contributed by atoms with Crippen LogP contribution in [-0.4, -0.2) is 86.5 Å². The highest BCUT2D eigenvalue weighted by Gasteiger charge is 2.22. The third-order valence-electron chi connectivity index (χ3n) is 7.64. The third-order valence-corrected chi connectivity index (χ3v) is 7.64. The van der Waals surface area contributed by atoms with E-state index in [2.05, 4.69) is 42.6 Å². The van der Waals surface area contributed by atoms with Crippen LogP contribution in [0.1, 0.15) is 52.8 Å². The van der Waals surface area contributed by atoms with Crippen molar-refractivity contribution in [2.45, 2.75) is 58.4 Å². The van der Waals surface area contributed by atoms with Crippen molar-refractivity contribution in [2.75, 3.05) is 38.0 Å². The minimum absolute atomic E-state index is 0. The lowest BCUT2D eigenvalue weighted by Crippen LogP contribution is -2.42. The number of oxazole rings is 1. The van der Waals surface area contributed by atoms with Gasteiger partial charge in [-0.05, 0) is 49.4 Å². The van der Waals surface area contributed by atoms with Crippen LogP contribution in [0.15, 0.2) is 41.4 Å². The molecular weight excluding hydrogens is 558 g/mol. The van der Waals surface area contributed by atoms with Gasteiger partial charge in [0.2, 0.25) is 5.91 Å². The Bertz CT molecular complexity index is 1360. The van der Waals surface area contributed by atoms with Gasteiger partial charge in [0.05, 0.1) is 11.8 Å². The van der Waals surface area contributed by atoms with Crippen molar-refractivity contribution in [2.24, 2.45) is 0 Å². The van der Waals surface area contributed by atoms with Crippen LogP contribution in [0.3, 0.4) is 0 Å². The second kappa shape index (κ2) is 14.5. The zero-order chi connectivity index (χ0) is 28.8. The van der Waals surface area contributed by atoms with E-state index in [1.54, 1.807) is 13.0 Å². The van der Waals surface area contributed by atoms with Gasteiger partial charge >= 0.3 is 0 Å². The number of carbonyl (C=O) groups excluding carboxylic acids is 2. The van der Waals surface area contributed by atoms with Crippen molar-refractivity contribution in [1.29, 1.82) is 0 Å². The summed E-state index contributed by atoms with van der Waals surface area (Å²) in [6.45, 7) is 7.29. The number of nitrogens with one attached hydrogen (secondary N) is 2. The van der Waals surface area contributed by atoms with Gasteiger partial charge in [0.15, 0.2) is 12.2 Å². The first-order valence-corrected chi connectivity index (χ1v) is 14.0. The Morgan fingerprint density at radius 2 is 1.95 bits per heavy atom. The Morgan fingerprint density at radius 1 is 1.14 bits per heavy atom. The molecule has 0 spiro atoms. The van der Waals surface area contributed by atoms with Crippen LogP contribution >= 0.6 is 13.5 Å². The number of benzene rings is 1. The molecule has 3 aromatic rings. The van der Waals surface area contributed by atoms with Crippen molar-refractivity contribution >= 4 is 31.1 Å². The van der Waals surface area contributed by atoms with Crippen molar-refractivity contribution in [1.82, 2.24) is 30.1 Å². The number of fused-ring (bicyclic) bond motifs is 1. The number of hydrogen-bond acceptors (Lipinski definition) is 10. The number of hydrogen-bond donors (Lipinski definition) is 3. The summed E-state index contributed by atoms with van der Waals surface area (Å²) in [5.41, 5.74) is 3.49. The first kappa shape index (κ1) is 31.3. The summed E-state index contributed by atoms with van der Waals surface area (Å²) >= 11 is 0. The Morgan fingerprint density at radius 3 is 2.69 bits per heavy atom. The van der Waals surface area contributed by atoms with Crippen LogP contribution in [0.25, 0.3) is 0 Å². The number of rotatable bonds is 10. The molecule has 42 heavy (non-hydrogen) atoms. The molecule has 5 rings (SSSR count). The van der Waals surface area contributed by atoms with Gasteiger partial charge in [-0.15, -0.1) is 0 Å². The summed E-state index contributed by atoms with van der Waals surface area (Å²) in [6.07, 6.45) is 4.53. The zero-order valence-electron chi connectivity index (χ0n) is 24.0. The second-order valence-corrected chi connectivity index (χ2v) is 10.6. The number of amides is 2. The van der Waals surface area contributed by atoms with Gasteiger partial charge in [-0.3, -0.25) is 14.5 Å². The highest BCUT2D eigenvalue weighted by molar-refractivity contribution is 7.59. The maximum absolute atomic E-state index is 12.7. The number of piperidine rings is 1. The third kappa shape index (κ3) is 8.20. The maximum Gasteiger partial charge on any atom is 0.270 e. The number of aliphatic hydroxyl groups excluding tert-OH is 1. The summed E-state index contributed by atoms with van der Waals surface area (Å²) in [5.74, 6) is 1.80. The molecule has 2 aromatic heterocycles. The number of likely N-dealkylation sites (tertiary alicyclic amines) is 1. The average molecular weight is 598 g/mol. The number of aromatic nitrogens is 3. The monoisotopic (exact) mass is 597 g/mol. The molecule has 1 aromatic carbocycles. The van der Waals surface area contributed by atoms with Gasteiger partial charge < -0.3 is 29.8 Å². The largest absolute Gasteiger partial charge is 0.486 e. The smallest absolute Gasteiger partial charge is 0.270 e. The molecule has 0 bridgehead atoms. The van der Waals surface area contributed by atoms with Crippen LogP contribution < -0.4 is 15.4 Å². The molecule has 0 radical (unpaired) electrons. The number of β-amino-alcohol motifs (C(OH)–C–C–N with tert-alkyl or cyclic N) is 1. The number of aliphatic hydroxyl groups is 1. The molecule has 1 fully saturated rings. The van der Waals surface area contributed by atoms with Gasteiger partial charge in [-0.1, -0.05) is 6.07 Å². The van der Waals surface area contributed by atoms with Crippen LogP contribution in [0.5, 0.6) is 5.75 Å². The van der Waals surface area contributed by atoms with Gasteiger partial charge in [0, 0.05) is 58.3 Å². The van der Waals surface area contributed by atoms with Crippen molar-refractivity contribution in [3.8, 4) is 5.75 Å². The summed E-state index contributed by atoms with van der Waals surface area (Å²) in [4.78, 5) is 40.7. The van der Waals surface area contributed by atoms with Crippen molar-refractivity contribution < 1.29 is 23.8 Å². The number of ether oxygens (including phenoxy) is 1. The molecule has 0 saturated carbocycles. The number of anilines is 1. The second-order valence-electron chi connectivity index (χ2n) is 10.6. The van der Waals surface area contributed by atoms with Crippen LogP contribution in [0, 0.1) is 6.92 Å². The fourth-order valence-electron chi connectivity index (χ4n) is 5.22. The molecule has 0 unspecified atom stereocenters. The van der Waals surface area contributed by atoms with Crippen LogP contribution in [0.2, 0.25) is 0 Å². The van der Waals surface area contributed by atoms with E-state index in [9.17, 15) is 14.7 Å². The first-order chi connectivity index (χ1) is 19.8. The van der Waals surface area contributed by atoms with Gasteiger partial charge in [-0.25, -0.2) is 15.0 Å². The standard InChI is InChI=1S/C29H37N7O5.H2S/c1-19-27(41-18-33-19)16-40-25-4-3-22-14-35(8-5-21(22)11-25)15-24(38)13-30-29(39)26-12-28(32-17-31-26)34-23-6-9-36(10-7-23)20(2)37;/h3-4,11-12,17-18,23-24,38H,5-10,13-16H2,1-2H3,(H,30,39)(H,31,32,34);1H2/t24-;/m0./s1. The summed E-state index contributed by atoms with van der Waals surface area (Å²) < 4.78 is 11.2. The lowest BCUT2D eigenvalue weighted by molar-refractivity contribution is -0.129. The molecule has 12 nitrogen and oxygen atoms in total. The number of carbonyl (C=O) groups is 2. The van der Waals surface area contributed by atoms with E-state index in [1.165, 1.54) is 23.8 Å². The molecule has 226 valence electrons. The van der Waals surface area contributed by atoms with Gasteiger partial charge in [0.1, 0.15) is 30.2 Å². The topological polar surface area (TPSA) is 146 Å². The molecule has 4 heterocycles. The van der Waals surface area contributed by atoms with E-state index < -0.39 is 6.10 Å². The van der Waals surface area contributed by atoms with Crippen LogP contribution in [-0.2, 0) is 24.4 Å². The van der Waals surface area contributed by atoms with Crippen LogP contribution in [0.4, 0.5) is 5.82 Å². The molecular formula is C29H39N7O5S. The molecule has 3 N–H and O–H groups in total. The minimum Gasteiger partial charge on any atom is -0.486 e. The summed E-state index contributed by atoms with van der Waals surface area (Å²) in [7, 11) is 0. The van der Waals surface area contributed by atoms with E-state index in [0.717, 1.165) is 43.0 Å². The summed E-state index contributed by atoms with van der Waals surface area (Å²) in [5, 5.41) is 16.8. The number of nitrogens with zero attached hydrogens (tertiary/aromatic N) is 5. The molecule has 1 saturated heterocycles. The highest BCUT2D eigenvalue weighted by Crippen LogP contribution is 2.25. The molecule has 0 aliphatic carbocycles. The average Bonchev–Trinajstić information content (AvgIpc) is 3.39. The van der Waals surface area contributed by atoms with E-state index in [-0.39, 0.29) is 43.6 Å². The molecule has 2 aliphatic heterocycles. The van der Waals surface area contributed by atoms with E-state index in [0.29, 0.717) is 38.6 Å². The Kier molecular flexibility index (Phi) is 10.8. The predicted octanol–water partition coefficient (Wildman–Crippen LogP) is 2.04. The Balaban J connectivity index is 0.00000405. The lowest BCUT2D eigenvalue weighted by Gasteiger charge is -2.31. The molecule has 13 heteroatoms. The SMILES string of the molecule is CC(=O)N1CCC(Nc2cc(C(=O)NC[C@H](O)CN3CCc4cc(OCc5ocnc5C)ccc4C3)ncn2)CC1.S. The summed E-state index contributed by atoms with van der Waals surface area (Å²) in [6, 6.07) is 7.87. The van der Waals surface area contributed by atoms with E-state index >= 15 is 0 Å². The quantitative estimate of drug-likeness (QED) is 0.317. The minimum atomic E-state index is -0.723. The fourth-order valence-corrected chi connectivity index (χ4v) is 5.22. The molecule has 2 aliphatic rings. The van der Waals surface area contributed by atoms with Crippen molar-refractivity contribution in [3.63, 3.8) is 0 Å². The molecule has 1 atom stereocenters.